The summed E-state index contributed by atoms with van der Waals surface area (Å²) < 4.78 is 32.2. The number of allylic oxidation sites excluding steroid dienone is 4. The molecule has 0 fully saturated rings. The first-order valence-electron chi connectivity index (χ1n) is 17.6. The molecule has 8 heteroatoms. The molecule has 4 N–H and O–H groups in total. The minimum atomic E-state index is -4.39. The van der Waals surface area contributed by atoms with Gasteiger partial charge in [-0.1, -0.05) is 154 Å². The van der Waals surface area contributed by atoms with Crippen molar-refractivity contribution in [2.24, 2.45) is 0 Å². The van der Waals surface area contributed by atoms with Crippen LogP contribution >= 0.6 is 0 Å². The van der Waals surface area contributed by atoms with Crippen molar-refractivity contribution in [1.29, 1.82) is 0 Å². The number of rotatable bonds is 31. The van der Waals surface area contributed by atoms with Crippen LogP contribution in [0.2, 0.25) is 0 Å². The number of carbonyl (C=O) groups is 1. The van der Waals surface area contributed by atoms with E-state index in [4.69, 9.17) is 0 Å². The molecule has 0 aliphatic carbocycles. The zero-order valence-electron chi connectivity index (χ0n) is 27.7. The maximum Gasteiger partial charge on any atom is 0.266 e. The van der Waals surface area contributed by atoms with Gasteiger partial charge in [0, 0.05) is 0 Å². The quantitative estimate of drug-likeness (QED) is 0.0346. The molecule has 0 aliphatic heterocycles. The molecule has 3 atom stereocenters. The van der Waals surface area contributed by atoms with E-state index in [9.17, 15) is 28.0 Å². The van der Waals surface area contributed by atoms with E-state index < -0.39 is 40.0 Å². The molecule has 0 rings (SSSR count). The Bertz CT molecular complexity index is 798. The Hall–Kier alpha value is -1.22. The van der Waals surface area contributed by atoms with E-state index in [0.29, 0.717) is 25.7 Å². The summed E-state index contributed by atoms with van der Waals surface area (Å²) >= 11 is 0. The molecule has 254 valence electrons. The standard InChI is InChI=1S/C35H67NO6S/c1-3-5-7-9-11-12-13-14-15-16-17-18-19-20-21-22-23-24-26-28-30-34(38)35(39)36-32(31-43(40,41)42)33(37)29-27-25-10-8-6-4-2/h5,7,11-12,32-34,37-38H,3-4,6,8-10,13-31H2,1-2H3,(H,36,39)(H,40,41,42)/b7-5-,12-11-. The summed E-state index contributed by atoms with van der Waals surface area (Å²) in [4.78, 5) is 12.5. The van der Waals surface area contributed by atoms with Gasteiger partial charge in [0.05, 0.1) is 17.9 Å². The zero-order chi connectivity index (χ0) is 32.0. The SMILES string of the molecule is CC/C=C\C/C=C\CCCCCCCCCCCCCCCC(O)C(=O)NC(CS(=O)(=O)O)C(O)CCCCCCCC. The molecule has 0 bridgehead atoms. The van der Waals surface area contributed by atoms with Crippen molar-refractivity contribution in [3.63, 3.8) is 0 Å². The zero-order valence-corrected chi connectivity index (χ0v) is 28.5. The summed E-state index contributed by atoms with van der Waals surface area (Å²) in [5, 5.41) is 23.2. The Morgan fingerprint density at radius 1 is 0.651 bits per heavy atom. The fraction of sp³-hybridized carbons (Fsp3) is 0.857. The highest BCUT2D eigenvalue weighted by Gasteiger charge is 2.28. The number of hydrogen-bond acceptors (Lipinski definition) is 5. The van der Waals surface area contributed by atoms with Crippen LogP contribution in [0.1, 0.15) is 168 Å². The van der Waals surface area contributed by atoms with Gasteiger partial charge in [-0.3, -0.25) is 9.35 Å². The van der Waals surface area contributed by atoms with Crippen LogP contribution in [-0.4, -0.2) is 53.1 Å². The summed E-state index contributed by atoms with van der Waals surface area (Å²) in [7, 11) is -4.39. The predicted octanol–water partition coefficient (Wildman–Crippen LogP) is 8.60. The smallest absolute Gasteiger partial charge is 0.266 e. The van der Waals surface area contributed by atoms with Crippen LogP contribution in [0.3, 0.4) is 0 Å². The van der Waals surface area contributed by atoms with E-state index in [2.05, 4.69) is 43.5 Å². The molecule has 0 saturated heterocycles. The van der Waals surface area contributed by atoms with Crippen molar-refractivity contribution in [2.75, 3.05) is 5.75 Å². The maximum atomic E-state index is 12.5. The Morgan fingerprint density at radius 3 is 1.63 bits per heavy atom. The maximum absolute atomic E-state index is 12.5. The van der Waals surface area contributed by atoms with Crippen molar-refractivity contribution in [3.8, 4) is 0 Å². The molecular weight excluding hydrogens is 562 g/mol. The molecule has 0 aromatic heterocycles. The minimum Gasteiger partial charge on any atom is -0.391 e. The highest BCUT2D eigenvalue weighted by Crippen LogP contribution is 2.15. The van der Waals surface area contributed by atoms with E-state index in [1.807, 2.05) is 0 Å². The second kappa shape index (κ2) is 29.5. The third-order valence-electron chi connectivity index (χ3n) is 8.03. The molecule has 0 aromatic rings. The van der Waals surface area contributed by atoms with Gasteiger partial charge in [0.2, 0.25) is 5.91 Å². The van der Waals surface area contributed by atoms with Gasteiger partial charge in [0.15, 0.2) is 0 Å². The van der Waals surface area contributed by atoms with Crippen LogP contribution in [0.4, 0.5) is 0 Å². The lowest BCUT2D eigenvalue weighted by Crippen LogP contribution is -2.50. The number of aliphatic hydroxyl groups excluding tert-OH is 2. The second-order valence-electron chi connectivity index (χ2n) is 12.3. The number of aliphatic hydroxyl groups is 2. The summed E-state index contributed by atoms with van der Waals surface area (Å²) in [6, 6.07) is -1.14. The van der Waals surface area contributed by atoms with E-state index in [1.165, 1.54) is 70.6 Å². The van der Waals surface area contributed by atoms with Crippen LogP contribution in [0.25, 0.3) is 0 Å². The van der Waals surface area contributed by atoms with Crippen molar-refractivity contribution in [2.45, 2.75) is 186 Å². The van der Waals surface area contributed by atoms with Crippen LogP contribution in [0.5, 0.6) is 0 Å². The Balaban J connectivity index is 3.86. The molecule has 0 saturated carbocycles. The topological polar surface area (TPSA) is 124 Å². The molecule has 43 heavy (non-hydrogen) atoms. The molecule has 0 spiro atoms. The van der Waals surface area contributed by atoms with Gasteiger partial charge >= 0.3 is 0 Å². The van der Waals surface area contributed by atoms with Crippen LogP contribution in [-0.2, 0) is 14.9 Å². The molecule has 0 heterocycles. The van der Waals surface area contributed by atoms with E-state index in [1.54, 1.807) is 0 Å². The summed E-state index contributed by atoms with van der Waals surface area (Å²) in [6.45, 7) is 4.30. The van der Waals surface area contributed by atoms with Gasteiger partial charge < -0.3 is 15.5 Å². The predicted molar refractivity (Wildman–Crippen MR) is 181 cm³/mol. The number of unbranched alkanes of at least 4 members (excludes halogenated alkanes) is 18. The molecule has 0 aromatic carbocycles. The van der Waals surface area contributed by atoms with Gasteiger partial charge in [-0.25, -0.2) is 0 Å². The average Bonchev–Trinajstić information content (AvgIpc) is 2.96. The molecule has 7 nitrogen and oxygen atoms in total. The lowest BCUT2D eigenvalue weighted by Gasteiger charge is -2.24. The number of carbonyl (C=O) groups excluding carboxylic acids is 1. The highest BCUT2D eigenvalue weighted by atomic mass is 32.2. The molecule has 1 amide bonds. The Kier molecular flexibility index (Phi) is 28.7. The third kappa shape index (κ3) is 29.3. The largest absolute Gasteiger partial charge is 0.391 e. The minimum absolute atomic E-state index is 0.296. The Labute approximate surface area is 265 Å². The van der Waals surface area contributed by atoms with E-state index in [0.717, 1.165) is 57.8 Å². The van der Waals surface area contributed by atoms with Crippen LogP contribution < -0.4 is 5.32 Å². The molecular formula is C35H67NO6S. The first-order valence-corrected chi connectivity index (χ1v) is 19.2. The lowest BCUT2D eigenvalue weighted by atomic mass is 10.0. The van der Waals surface area contributed by atoms with E-state index in [-0.39, 0.29) is 0 Å². The average molecular weight is 630 g/mol. The number of hydrogen-bond donors (Lipinski definition) is 4. The summed E-state index contributed by atoms with van der Waals surface area (Å²) in [5.41, 5.74) is 0. The summed E-state index contributed by atoms with van der Waals surface area (Å²) in [5.74, 6) is -1.46. The number of nitrogens with one attached hydrogen (secondary N) is 1. The normalized spacial score (nSPS) is 14.4. The second-order valence-corrected chi connectivity index (χ2v) is 13.8. The van der Waals surface area contributed by atoms with Crippen LogP contribution in [0.15, 0.2) is 24.3 Å². The summed E-state index contributed by atoms with van der Waals surface area (Å²) in [6.07, 6.45) is 32.4. The third-order valence-corrected chi connectivity index (χ3v) is 8.81. The van der Waals surface area contributed by atoms with Crippen molar-refractivity contribution in [3.05, 3.63) is 24.3 Å². The monoisotopic (exact) mass is 629 g/mol. The fourth-order valence-corrected chi connectivity index (χ4v) is 6.08. The van der Waals surface area contributed by atoms with Gasteiger partial charge in [0.25, 0.3) is 10.1 Å². The fourth-order valence-electron chi connectivity index (χ4n) is 5.32. The van der Waals surface area contributed by atoms with Crippen LogP contribution in [0, 0.1) is 0 Å². The Morgan fingerprint density at radius 2 is 1.12 bits per heavy atom. The van der Waals surface area contributed by atoms with E-state index >= 15 is 0 Å². The van der Waals surface area contributed by atoms with Crippen molar-refractivity contribution >= 4 is 16.0 Å². The van der Waals surface area contributed by atoms with Crippen molar-refractivity contribution < 1.29 is 28.0 Å². The lowest BCUT2D eigenvalue weighted by molar-refractivity contribution is -0.131. The molecule has 0 aliphatic rings. The first kappa shape index (κ1) is 41.8. The van der Waals surface area contributed by atoms with Crippen molar-refractivity contribution in [1.82, 2.24) is 5.32 Å². The molecule has 3 unspecified atom stereocenters. The number of amides is 1. The highest BCUT2D eigenvalue weighted by molar-refractivity contribution is 7.85. The molecule has 0 radical (unpaired) electrons. The first-order chi connectivity index (χ1) is 20.7. The van der Waals surface area contributed by atoms with Gasteiger partial charge in [-0.15, -0.1) is 0 Å². The van der Waals surface area contributed by atoms with Gasteiger partial charge in [0.1, 0.15) is 6.10 Å². The van der Waals surface area contributed by atoms with Gasteiger partial charge in [-0.2, -0.15) is 8.42 Å². The van der Waals surface area contributed by atoms with Gasteiger partial charge in [-0.05, 0) is 38.5 Å².